The first-order valence-electron chi connectivity index (χ1n) is 5.16. The zero-order valence-corrected chi connectivity index (χ0v) is 8.76. The quantitative estimate of drug-likeness (QED) is 0.799. The third-order valence-electron chi connectivity index (χ3n) is 3.08. The van der Waals surface area contributed by atoms with E-state index in [4.69, 9.17) is 5.11 Å². The van der Waals surface area contributed by atoms with Gasteiger partial charge in [-0.25, -0.2) is 0 Å². The molecule has 0 radical (unpaired) electrons. The number of hydrogen-bond donors (Lipinski definition) is 1. The van der Waals surface area contributed by atoms with Crippen molar-refractivity contribution in [2.24, 2.45) is 5.92 Å². The Hall–Kier alpha value is -1.35. The van der Waals surface area contributed by atoms with Gasteiger partial charge in [-0.3, -0.25) is 9.69 Å². The largest absolute Gasteiger partial charge is 0.481 e. The van der Waals surface area contributed by atoms with Crippen molar-refractivity contribution in [2.75, 3.05) is 13.6 Å². The van der Waals surface area contributed by atoms with Crippen LogP contribution >= 0.6 is 0 Å². The van der Waals surface area contributed by atoms with Gasteiger partial charge in [0.05, 0.1) is 5.92 Å². The number of rotatable bonds is 2. The van der Waals surface area contributed by atoms with Gasteiger partial charge in [-0.1, -0.05) is 30.3 Å². The number of likely N-dealkylation sites (tertiary alicyclic amines) is 1. The first-order chi connectivity index (χ1) is 7.18. The number of nitrogens with zero attached hydrogens (tertiary/aromatic N) is 1. The lowest BCUT2D eigenvalue weighted by Gasteiger charge is -2.19. The molecule has 15 heavy (non-hydrogen) atoms. The summed E-state index contributed by atoms with van der Waals surface area (Å²) in [4.78, 5) is 13.0. The van der Waals surface area contributed by atoms with Crippen LogP contribution in [-0.4, -0.2) is 29.6 Å². The van der Waals surface area contributed by atoms with E-state index in [-0.39, 0.29) is 12.0 Å². The summed E-state index contributed by atoms with van der Waals surface area (Å²) in [6.45, 7) is 0.648. The Morgan fingerprint density at radius 2 is 2.07 bits per heavy atom. The summed E-state index contributed by atoms with van der Waals surface area (Å²) in [7, 11) is 1.99. The predicted octanol–water partition coefficient (Wildman–Crippen LogP) is 1.76. The molecule has 1 aliphatic rings. The molecule has 1 aromatic carbocycles. The van der Waals surface area contributed by atoms with Gasteiger partial charge in [0.2, 0.25) is 0 Å². The van der Waals surface area contributed by atoms with Crippen LogP contribution in [0.3, 0.4) is 0 Å². The van der Waals surface area contributed by atoms with Gasteiger partial charge in [-0.15, -0.1) is 0 Å². The van der Waals surface area contributed by atoms with Crippen LogP contribution in [0.25, 0.3) is 0 Å². The molecule has 1 aliphatic heterocycles. The first kappa shape index (κ1) is 10.2. The number of carboxylic acid groups (broad SMARTS) is 1. The van der Waals surface area contributed by atoms with E-state index in [0.717, 1.165) is 6.42 Å². The second-order valence-electron chi connectivity index (χ2n) is 4.14. The van der Waals surface area contributed by atoms with Crippen LogP contribution in [0.4, 0.5) is 0 Å². The van der Waals surface area contributed by atoms with E-state index < -0.39 is 5.97 Å². The summed E-state index contributed by atoms with van der Waals surface area (Å²) in [5.41, 5.74) is 1.21. The lowest BCUT2D eigenvalue weighted by atomic mass is 10.0. The second-order valence-corrected chi connectivity index (χ2v) is 4.14. The molecule has 80 valence electrons. The fourth-order valence-corrected chi connectivity index (χ4v) is 2.24. The summed E-state index contributed by atoms with van der Waals surface area (Å²) < 4.78 is 0. The van der Waals surface area contributed by atoms with Gasteiger partial charge < -0.3 is 5.11 Å². The summed E-state index contributed by atoms with van der Waals surface area (Å²) in [5, 5.41) is 8.97. The minimum atomic E-state index is -0.680. The monoisotopic (exact) mass is 205 g/mol. The summed E-state index contributed by atoms with van der Waals surface area (Å²) >= 11 is 0. The number of hydrogen-bond acceptors (Lipinski definition) is 2. The summed E-state index contributed by atoms with van der Waals surface area (Å²) in [6.07, 6.45) is 0.718. The molecule has 2 rings (SSSR count). The molecule has 1 aromatic rings. The van der Waals surface area contributed by atoms with E-state index in [1.54, 1.807) is 0 Å². The Balaban J connectivity index is 2.15. The molecule has 0 aromatic heterocycles. The molecule has 0 saturated carbocycles. The molecule has 1 saturated heterocycles. The third kappa shape index (κ3) is 2.02. The van der Waals surface area contributed by atoms with Gasteiger partial charge in [0.1, 0.15) is 0 Å². The molecular weight excluding hydrogens is 190 g/mol. The highest BCUT2D eigenvalue weighted by Gasteiger charge is 2.34. The van der Waals surface area contributed by atoms with E-state index in [9.17, 15) is 4.79 Å². The van der Waals surface area contributed by atoms with E-state index in [1.165, 1.54) is 5.56 Å². The van der Waals surface area contributed by atoms with Crippen molar-refractivity contribution in [3.63, 3.8) is 0 Å². The maximum Gasteiger partial charge on any atom is 0.307 e. The molecule has 0 amide bonds. The van der Waals surface area contributed by atoms with E-state index in [2.05, 4.69) is 17.0 Å². The van der Waals surface area contributed by atoms with Crippen LogP contribution in [-0.2, 0) is 4.79 Å². The highest BCUT2D eigenvalue weighted by atomic mass is 16.4. The standard InChI is InChI=1S/C12H15NO2/c1-13-8-10(12(14)15)7-11(13)9-5-3-2-4-6-9/h2-6,10-11H,7-8H2,1H3,(H,14,15)/t10-,11-/m1/s1. The molecule has 0 aliphatic carbocycles. The minimum Gasteiger partial charge on any atom is -0.481 e. The normalized spacial score (nSPS) is 26.7. The Morgan fingerprint density at radius 3 is 2.60 bits per heavy atom. The van der Waals surface area contributed by atoms with Crippen molar-refractivity contribution < 1.29 is 9.90 Å². The summed E-state index contributed by atoms with van der Waals surface area (Å²) in [5.74, 6) is -0.902. The van der Waals surface area contributed by atoms with Crippen molar-refractivity contribution in [1.82, 2.24) is 4.90 Å². The lowest BCUT2D eigenvalue weighted by Crippen LogP contribution is -2.20. The number of carboxylic acids is 1. The molecule has 0 unspecified atom stereocenters. The van der Waals surface area contributed by atoms with Crippen LogP contribution in [0.2, 0.25) is 0 Å². The number of benzene rings is 1. The van der Waals surface area contributed by atoms with Crippen LogP contribution in [0.15, 0.2) is 30.3 Å². The second kappa shape index (κ2) is 4.03. The Labute approximate surface area is 89.3 Å². The minimum absolute atomic E-state index is 0.222. The summed E-state index contributed by atoms with van der Waals surface area (Å²) in [6, 6.07) is 10.4. The molecule has 3 heteroatoms. The molecule has 0 spiro atoms. The lowest BCUT2D eigenvalue weighted by molar-refractivity contribution is -0.141. The van der Waals surface area contributed by atoms with Gasteiger partial charge in [-0.05, 0) is 19.0 Å². The Morgan fingerprint density at radius 1 is 1.40 bits per heavy atom. The zero-order valence-electron chi connectivity index (χ0n) is 8.76. The smallest absolute Gasteiger partial charge is 0.307 e. The third-order valence-corrected chi connectivity index (χ3v) is 3.08. The van der Waals surface area contributed by atoms with Crippen LogP contribution in [0.1, 0.15) is 18.0 Å². The highest BCUT2D eigenvalue weighted by molar-refractivity contribution is 5.70. The van der Waals surface area contributed by atoms with Crippen molar-refractivity contribution in [1.29, 1.82) is 0 Å². The maximum atomic E-state index is 10.9. The molecule has 3 nitrogen and oxygen atoms in total. The zero-order chi connectivity index (χ0) is 10.8. The topological polar surface area (TPSA) is 40.5 Å². The Bertz CT molecular complexity index is 350. The van der Waals surface area contributed by atoms with Crippen LogP contribution < -0.4 is 0 Å². The Kier molecular flexibility index (Phi) is 2.73. The molecule has 1 heterocycles. The van der Waals surface area contributed by atoms with Gasteiger partial charge in [0, 0.05) is 12.6 Å². The van der Waals surface area contributed by atoms with Crippen LogP contribution in [0, 0.1) is 5.92 Å². The molecular formula is C12H15NO2. The van der Waals surface area contributed by atoms with Crippen LogP contribution in [0.5, 0.6) is 0 Å². The van der Waals surface area contributed by atoms with Gasteiger partial charge in [0.25, 0.3) is 0 Å². The fraction of sp³-hybridized carbons (Fsp3) is 0.417. The van der Waals surface area contributed by atoms with Crippen molar-refractivity contribution in [3.8, 4) is 0 Å². The average molecular weight is 205 g/mol. The first-order valence-corrected chi connectivity index (χ1v) is 5.16. The van der Waals surface area contributed by atoms with Crippen molar-refractivity contribution >= 4 is 5.97 Å². The fourth-order valence-electron chi connectivity index (χ4n) is 2.24. The molecule has 1 fully saturated rings. The average Bonchev–Trinajstić information content (AvgIpc) is 2.62. The number of aliphatic carboxylic acids is 1. The number of carbonyl (C=O) groups is 1. The van der Waals surface area contributed by atoms with Crippen molar-refractivity contribution in [3.05, 3.63) is 35.9 Å². The van der Waals surface area contributed by atoms with E-state index >= 15 is 0 Å². The van der Waals surface area contributed by atoms with E-state index in [1.807, 2.05) is 25.2 Å². The SMILES string of the molecule is CN1C[C@H](C(=O)O)C[C@@H]1c1ccccc1. The molecule has 2 atom stereocenters. The van der Waals surface area contributed by atoms with Gasteiger partial charge in [-0.2, -0.15) is 0 Å². The maximum absolute atomic E-state index is 10.9. The highest BCUT2D eigenvalue weighted by Crippen LogP contribution is 2.33. The molecule has 1 N–H and O–H groups in total. The van der Waals surface area contributed by atoms with Gasteiger partial charge in [0.15, 0.2) is 0 Å². The van der Waals surface area contributed by atoms with Gasteiger partial charge >= 0.3 is 5.97 Å². The van der Waals surface area contributed by atoms with Crippen molar-refractivity contribution in [2.45, 2.75) is 12.5 Å². The predicted molar refractivity (Wildman–Crippen MR) is 57.6 cm³/mol. The van der Waals surface area contributed by atoms with E-state index in [0.29, 0.717) is 6.54 Å². The molecule has 0 bridgehead atoms.